The molecule has 3 heterocycles. The number of likely N-dealkylation sites (tertiary alicyclic amines) is 1. The third-order valence-electron chi connectivity index (χ3n) is 5.86. The second-order valence-corrected chi connectivity index (χ2v) is 7.59. The van der Waals surface area contributed by atoms with Crippen LogP contribution in [0.25, 0.3) is 0 Å². The maximum atomic E-state index is 12.8. The van der Waals surface area contributed by atoms with Crippen LogP contribution >= 0.6 is 0 Å². The van der Waals surface area contributed by atoms with Crippen molar-refractivity contribution in [2.45, 2.75) is 31.4 Å². The SMILES string of the molecule is O=C(N1CCC1)N1CCO[C@@H]2c3cc(C#Cc4ccccc4)cnc3CC[C@@H]21. The minimum atomic E-state index is -0.103. The first-order valence-electron chi connectivity index (χ1n) is 10.0. The monoisotopic (exact) mass is 373 g/mol. The number of benzene rings is 1. The number of aryl methyl sites for hydroxylation is 1. The highest BCUT2D eigenvalue weighted by atomic mass is 16.5. The largest absolute Gasteiger partial charge is 0.369 e. The lowest BCUT2D eigenvalue weighted by Gasteiger charge is -2.47. The molecular weight excluding hydrogens is 350 g/mol. The summed E-state index contributed by atoms with van der Waals surface area (Å²) in [6, 6.07) is 12.3. The van der Waals surface area contributed by atoms with Crippen molar-refractivity contribution in [2.24, 2.45) is 0 Å². The van der Waals surface area contributed by atoms with E-state index in [0.717, 1.165) is 54.7 Å². The van der Waals surface area contributed by atoms with Gasteiger partial charge in [-0.15, -0.1) is 0 Å². The molecule has 2 amide bonds. The van der Waals surface area contributed by atoms with E-state index in [1.54, 1.807) is 0 Å². The van der Waals surface area contributed by atoms with E-state index in [1.807, 2.05) is 46.3 Å². The molecule has 2 aliphatic heterocycles. The van der Waals surface area contributed by atoms with Gasteiger partial charge in [0.05, 0.1) is 12.6 Å². The van der Waals surface area contributed by atoms with Crippen LogP contribution in [-0.4, -0.2) is 53.1 Å². The fraction of sp³-hybridized carbons (Fsp3) is 0.391. The van der Waals surface area contributed by atoms with Crippen molar-refractivity contribution in [1.29, 1.82) is 0 Å². The number of amides is 2. The quantitative estimate of drug-likeness (QED) is 0.667. The molecule has 2 aromatic rings. The summed E-state index contributed by atoms with van der Waals surface area (Å²) in [5.74, 6) is 6.42. The molecule has 0 bridgehead atoms. The van der Waals surface area contributed by atoms with Crippen molar-refractivity contribution in [3.05, 3.63) is 65.0 Å². The van der Waals surface area contributed by atoms with Gasteiger partial charge in [0.1, 0.15) is 6.10 Å². The highest BCUT2D eigenvalue weighted by molar-refractivity contribution is 5.76. The Morgan fingerprint density at radius 1 is 1.11 bits per heavy atom. The summed E-state index contributed by atoms with van der Waals surface area (Å²) in [5, 5.41) is 0. The van der Waals surface area contributed by atoms with Gasteiger partial charge in [0.15, 0.2) is 0 Å². The van der Waals surface area contributed by atoms with Gasteiger partial charge in [0, 0.05) is 48.2 Å². The summed E-state index contributed by atoms with van der Waals surface area (Å²) in [5.41, 5.74) is 4.04. The molecule has 0 N–H and O–H groups in total. The normalized spacial score (nSPS) is 23.0. The van der Waals surface area contributed by atoms with Gasteiger partial charge >= 0.3 is 6.03 Å². The zero-order valence-corrected chi connectivity index (χ0v) is 15.8. The molecule has 0 spiro atoms. The van der Waals surface area contributed by atoms with Crippen LogP contribution < -0.4 is 0 Å². The molecule has 0 saturated carbocycles. The van der Waals surface area contributed by atoms with Gasteiger partial charge in [-0.3, -0.25) is 4.98 Å². The van der Waals surface area contributed by atoms with Crippen LogP contribution in [0.1, 0.15) is 41.3 Å². The zero-order chi connectivity index (χ0) is 18.9. The van der Waals surface area contributed by atoms with Gasteiger partial charge in [0.2, 0.25) is 0 Å². The molecule has 2 saturated heterocycles. The number of nitrogens with zero attached hydrogens (tertiary/aromatic N) is 3. The number of morpholine rings is 1. The van der Waals surface area contributed by atoms with E-state index >= 15 is 0 Å². The van der Waals surface area contributed by atoms with Gasteiger partial charge in [-0.1, -0.05) is 30.0 Å². The number of fused-ring (bicyclic) bond motifs is 3. The van der Waals surface area contributed by atoms with Crippen molar-refractivity contribution < 1.29 is 9.53 Å². The predicted octanol–water partition coefficient (Wildman–Crippen LogP) is 3.00. The summed E-state index contributed by atoms with van der Waals surface area (Å²) < 4.78 is 6.14. The van der Waals surface area contributed by atoms with Crippen molar-refractivity contribution in [3.8, 4) is 11.8 Å². The van der Waals surface area contributed by atoms with Crippen LogP contribution in [0.5, 0.6) is 0 Å². The summed E-state index contributed by atoms with van der Waals surface area (Å²) in [6.07, 6.45) is 4.63. The van der Waals surface area contributed by atoms with Crippen LogP contribution in [0.2, 0.25) is 0 Å². The van der Waals surface area contributed by atoms with E-state index in [4.69, 9.17) is 4.74 Å². The Kier molecular flexibility index (Phi) is 4.50. The fourth-order valence-corrected chi connectivity index (χ4v) is 4.23. The number of hydrogen-bond donors (Lipinski definition) is 0. The van der Waals surface area contributed by atoms with E-state index in [0.29, 0.717) is 13.2 Å². The van der Waals surface area contributed by atoms with Crippen LogP contribution in [0.15, 0.2) is 42.6 Å². The summed E-state index contributed by atoms with van der Waals surface area (Å²) in [6.45, 7) is 3.00. The maximum Gasteiger partial charge on any atom is 0.320 e. The third kappa shape index (κ3) is 3.14. The molecule has 0 unspecified atom stereocenters. The number of carbonyl (C=O) groups excluding carboxylic acids is 1. The number of pyridine rings is 1. The lowest BCUT2D eigenvalue weighted by Crippen LogP contribution is -2.58. The van der Waals surface area contributed by atoms with Crippen molar-refractivity contribution in [1.82, 2.24) is 14.8 Å². The second-order valence-electron chi connectivity index (χ2n) is 7.59. The van der Waals surface area contributed by atoms with Gasteiger partial charge in [0.25, 0.3) is 0 Å². The topological polar surface area (TPSA) is 45.7 Å². The molecule has 1 aliphatic carbocycles. The fourth-order valence-electron chi connectivity index (χ4n) is 4.23. The highest BCUT2D eigenvalue weighted by Gasteiger charge is 2.41. The average molecular weight is 373 g/mol. The smallest absolute Gasteiger partial charge is 0.320 e. The van der Waals surface area contributed by atoms with Crippen LogP contribution in [0.3, 0.4) is 0 Å². The van der Waals surface area contributed by atoms with E-state index < -0.39 is 0 Å². The number of rotatable bonds is 0. The van der Waals surface area contributed by atoms with Gasteiger partial charge in [-0.2, -0.15) is 0 Å². The lowest BCUT2D eigenvalue weighted by atomic mass is 9.86. The van der Waals surface area contributed by atoms with E-state index in [9.17, 15) is 4.79 Å². The summed E-state index contributed by atoms with van der Waals surface area (Å²) in [7, 11) is 0. The Labute approximate surface area is 165 Å². The third-order valence-corrected chi connectivity index (χ3v) is 5.86. The molecule has 1 aromatic carbocycles. The zero-order valence-electron chi connectivity index (χ0n) is 15.8. The summed E-state index contributed by atoms with van der Waals surface area (Å²) >= 11 is 0. The number of hydrogen-bond acceptors (Lipinski definition) is 3. The van der Waals surface area contributed by atoms with Crippen LogP contribution in [0.4, 0.5) is 4.79 Å². The first-order valence-corrected chi connectivity index (χ1v) is 10.0. The Morgan fingerprint density at radius 2 is 1.93 bits per heavy atom. The first kappa shape index (κ1) is 17.3. The second kappa shape index (κ2) is 7.29. The molecular formula is C23H23N3O2. The Bertz CT molecular complexity index is 943. The average Bonchev–Trinajstić information content (AvgIpc) is 2.71. The number of carbonyl (C=O) groups is 1. The molecule has 2 atom stereocenters. The molecule has 3 aliphatic rings. The van der Waals surface area contributed by atoms with Crippen LogP contribution in [0, 0.1) is 11.8 Å². The Balaban J connectivity index is 1.42. The Hall–Kier alpha value is -2.84. The predicted molar refractivity (Wildman–Crippen MR) is 106 cm³/mol. The molecule has 0 radical (unpaired) electrons. The minimum absolute atomic E-state index is 0.0912. The van der Waals surface area contributed by atoms with Crippen molar-refractivity contribution in [3.63, 3.8) is 0 Å². The number of aromatic nitrogens is 1. The standard InChI is InChI=1S/C23H23N3O2/c27-23(25-11-4-12-25)26-13-14-28-22-19-15-18(8-7-17-5-2-1-3-6-17)16-24-20(19)9-10-21(22)26/h1-3,5-6,15-16,21-22H,4,9-14H2/t21-,22+/m0/s1. The highest BCUT2D eigenvalue weighted by Crippen LogP contribution is 2.38. The van der Waals surface area contributed by atoms with E-state index in [-0.39, 0.29) is 18.2 Å². The molecule has 5 nitrogen and oxygen atoms in total. The van der Waals surface area contributed by atoms with Crippen LogP contribution in [-0.2, 0) is 11.2 Å². The minimum Gasteiger partial charge on any atom is -0.369 e. The van der Waals surface area contributed by atoms with E-state index in [2.05, 4.69) is 22.9 Å². The van der Waals surface area contributed by atoms with Gasteiger partial charge in [-0.25, -0.2) is 4.79 Å². The number of urea groups is 1. The first-order chi connectivity index (χ1) is 13.8. The van der Waals surface area contributed by atoms with E-state index in [1.165, 1.54) is 0 Å². The lowest BCUT2D eigenvalue weighted by molar-refractivity contribution is -0.0696. The van der Waals surface area contributed by atoms with Gasteiger partial charge < -0.3 is 14.5 Å². The molecule has 5 heteroatoms. The molecule has 142 valence electrons. The molecule has 28 heavy (non-hydrogen) atoms. The van der Waals surface area contributed by atoms with Crippen molar-refractivity contribution >= 4 is 6.03 Å². The summed E-state index contributed by atoms with van der Waals surface area (Å²) in [4.78, 5) is 21.5. The molecule has 2 fully saturated rings. The Morgan fingerprint density at radius 3 is 2.71 bits per heavy atom. The maximum absolute atomic E-state index is 12.8. The van der Waals surface area contributed by atoms with Gasteiger partial charge in [-0.05, 0) is 37.5 Å². The molecule has 5 rings (SSSR count). The number of ether oxygens (including phenoxy) is 1. The molecule has 1 aromatic heterocycles. The van der Waals surface area contributed by atoms with Crippen molar-refractivity contribution in [2.75, 3.05) is 26.2 Å².